The summed E-state index contributed by atoms with van der Waals surface area (Å²) in [7, 11) is 1.54. The minimum absolute atomic E-state index is 0.101. The fourth-order valence-corrected chi connectivity index (χ4v) is 3.13. The second kappa shape index (κ2) is 7.89. The summed E-state index contributed by atoms with van der Waals surface area (Å²) in [6.45, 7) is 0. The highest BCUT2D eigenvalue weighted by molar-refractivity contribution is 6.39. The molecular formula is C17H17Cl2N3O3. The van der Waals surface area contributed by atoms with E-state index in [4.69, 9.17) is 32.7 Å². The van der Waals surface area contributed by atoms with E-state index in [1.807, 2.05) is 0 Å². The summed E-state index contributed by atoms with van der Waals surface area (Å²) in [5.41, 5.74) is 0.469. The van der Waals surface area contributed by atoms with Crippen molar-refractivity contribution >= 4 is 34.8 Å². The van der Waals surface area contributed by atoms with Crippen LogP contribution in [0.5, 0.6) is 11.6 Å². The van der Waals surface area contributed by atoms with Gasteiger partial charge in [0.15, 0.2) is 5.75 Å². The molecule has 8 heteroatoms. The van der Waals surface area contributed by atoms with Crippen LogP contribution in [-0.2, 0) is 0 Å². The van der Waals surface area contributed by atoms with Crippen molar-refractivity contribution in [3.63, 3.8) is 0 Å². The van der Waals surface area contributed by atoms with Crippen molar-refractivity contribution in [2.75, 3.05) is 12.4 Å². The normalized spacial score (nSPS) is 14.4. The number of pyridine rings is 2. The van der Waals surface area contributed by atoms with Crippen LogP contribution >= 0.6 is 23.2 Å². The maximum atomic E-state index is 12.5. The predicted molar refractivity (Wildman–Crippen MR) is 95.9 cm³/mol. The van der Waals surface area contributed by atoms with Crippen molar-refractivity contribution in [1.82, 2.24) is 9.97 Å². The lowest BCUT2D eigenvalue weighted by molar-refractivity contribution is 0.101. The van der Waals surface area contributed by atoms with E-state index < -0.39 is 5.91 Å². The van der Waals surface area contributed by atoms with Crippen molar-refractivity contribution in [1.29, 1.82) is 0 Å². The molecule has 3 rings (SSSR count). The lowest BCUT2D eigenvalue weighted by atomic mass is 10.3. The molecule has 0 unspecified atom stereocenters. The first kappa shape index (κ1) is 17.8. The lowest BCUT2D eigenvalue weighted by Crippen LogP contribution is -2.17. The zero-order chi connectivity index (χ0) is 17.8. The number of methoxy groups -OCH3 is 1. The predicted octanol–water partition coefficient (Wildman–Crippen LogP) is 4.37. The van der Waals surface area contributed by atoms with Crippen LogP contribution in [0.25, 0.3) is 0 Å². The van der Waals surface area contributed by atoms with Crippen molar-refractivity contribution in [2.24, 2.45) is 0 Å². The third-order valence-corrected chi connectivity index (χ3v) is 4.52. The summed E-state index contributed by atoms with van der Waals surface area (Å²) in [4.78, 5) is 20.7. The Hall–Kier alpha value is -2.05. The first-order valence-electron chi connectivity index (χ1n) is 7.90. The SMILES string of the molecule is COc1ccc(C(=O)Nc2c(Cl)cncc2Cl)nc1OC1CCCC1. The molecule has 0 aliphatic heterocycles. The van der Waals surface area contributed by atoms with Gasteiger partial charge in [-0.15, -0.1) is 0 Å². The van der Waals surface area contributed by atoms with Gasteiger partial charge in [0.05, 0.1) is 22.8 Å². The van der Waals surface area contributed by atoms with Crippen molar-refractivity contribution in [2.45, 2.75) is 31.8 Å². The fraction of sp³-hybridized carbons (Fsp3) is 0.353. The Morgan fingerprint density at radius 3 is 2.52 bits per heavy atom. The van der Waals surface area contributed by atoms with Crippen LogP contribution in [-0.4, -0.2) is 29.1 Å². The Morgan fingerprint density at radius 1 is 1.20 bits per heavy atom. The van der Waals surface area contributed by atoms with E-state index in [0.717, 1.165) is 25.7 Å². The number of carbonyl (C=O) groups is 1. The van der Waals surface area contributed by atoms with Crippen LogP contribution in [0.2, 0.25) is 10.0 Å². The standard InChI is InChI=1S/C17H17Cl2N3O3/c1-24-14-7-6-13(21-17(14)25-10-4-2-3-5-10)16(23)22-15-11(18)8-20-9-12(15)19/h6-10H,2-5H2,1H3,(H,20,22,23). The molecule has 1 saturated carbocycles. The molecule has 1 N–H and O–H groups in total. The minimum atomic E-state index is -0.450. The van der Waals surface area contributed by atoms with Gasteiger partial charge in [-0.2, -0.15) is 0 Å². The number of carbonyl (C=O) groups excluding carboxylic acids is 1. The van der Waals surface area contributed by atoms with Crippen LogP contribution < -0.4 is 14.8 Å². The summed E-state index contributed by atoms with van der Waals surface area (Å²) in [6, 6.07) is 3.21. The average molecular weight is 382 g/mol. The summed E-state index contributed by atoms with van der Waals surface area (Å²) in [5, 5.41) is 3.15. The molecule has 2 aromatic rings. The van der Waals surface area contributed by atoms with Crippen molar-refractivity contribution in [3.8, 4) is 11.6 Å². The number of rotatable bonds is 5. The summed E-state index contributed by atoms with van der Waals surface area (Å²) in [6.07, 6.45) is 7.12. The quantitative estimate of drug-likeness (QED) is 0.832. The van der Waals surface area contributed by atoms with E-state index in [-0.39, 0.29) is 21.8 Å². The molecule has 25 heavy (non-hydrogen) atoms. The van der Waals surface area contributed by atoms with E-state index in [9.17, 15) is 4.79 Å². The number of nitrogens with zero attached hydrogens (tertiary/aromatic N) is 2. The molecular weight excluding hydrogens is 365 g/mol. The van der Waals surface area contributed by atoms with E-state index >= 15 is 0 Å². The smallest absolute Gasteiger partial charge is 0.274 e. The van der Waals surface area contributed by atoms with Gasteiger partial charge >= 0.3 is 0 Å². The summed E-state index contributed by atoms with van der Waals surface area (Å²) < 4.78 is 11.2. The number of anilines is 1. The van der Waals surface area contributed by atoms with Gasteiger partial charge in [0.25, 0.3) is 11.8 Å². The first-order valence-corrected chi connectivity index (χ1v) is 8.66. The molecule has 0 atom stereocenters. The summed E-state index contributed by atoms with van der Waals surface area (Å²) >= 11 is 12.1. The van der Waals surface area contributed by atoms with E-state index in [0.29, 0.717) is 17.3 Å². The van der Waals surface area contributed by atoms with E-state index in [1.54, 1.807) is 12.1 Å². The highest BCUT2D eigenvalue weighted by Gasteiger charge is 2.21. The first-order chi connectivity index (χ1) is 12.1. The van der Waals surface area contributed by atoms with Crippen molar-refractivity contribution in [3.05, 3.63) is 40.3 Å². The highest BCUT2D eigenvalue weighted by atomic mass is 35.5. The topological polar surface area (TPSA) is 73.3 Å². The largest absolute Gasteiger partial charge is 0.491 e. The monoisotopic (exact) mass is 381 g/mol. The summed E-state index contributed by atoms with van der Waals surface area (Å²) in [5.74, 6) is 0.353. The van der Waals surface area contributed by atoms with Gasteiger partial charge in [0, 0.05) is 12.4 Å². The second-order valence-electron chi connectivity index (χ2n) is 5.66. The molecule has 1 aliphatic carbocycles. The second-order valence-corrected chi connectivity index (χ2v) is 6.47. The van der Waals surface area contributed by atoms with E-state index in [2.05, 4.69) is 15.3 Å². The number of nitrogens with one attached hydrogen (secondary N) is 1. The third kappa shape index (κ3) is 4.14. The van der Waals surface area contributed by atoms with Crippen LogP contribution in [0.1, 0.15) is 36.2 Å². The van der Waals surface area contributed by atoms with Gasteiger partial charge < -0.3 is 14.8 Å². The number of ether oxygens (including phenoxy) is 2. The molecule has 0 aromatic carbocycles. The Labute approximate surface area is 155 Å². The third-order valence-electron chi connectivity index (χ3n) is 3.95. The molecule has 132 valence electrons. The van der Waals surface area contributed by atoms with Crippen LogP contribution in [0.3, 0.4) is 0 Å². The Balaban J connectivity index is 1.82. The molecule has 2 aromatic heterocycles. The van der Waals surface area contributed by atoms with Gasteiger partial charge in [-0.05, 0) is 37.8 Å². The lowest BCUT2D eigenvalue weighted by Gasteiger charge is -2.15. The molecule has 0 spiro atoms. The molecule has 1 fully saturated rings. The molecule has 0 radical (unpaired) electrons. The van der Waals surface area contributed by atoms with Crippen LogP contribution in [0, 0.1) is 0 Å². The van der Waals surface area contributed by atoms with Crippen LogP contribution in [0.15, 0.2) is 24.5 Å². The number of amides is 1. The van der Waals surface area contributed by atoms with Gasteiger partial charge in [-0.3, -0.25) is 9.78 Å². The Bertz CT molecular complexity index is 759. The molecule has 0 bridgehead atoms. The number of aromatic nitrogens is 2. The fourth-order valence-electron chi connectivity index (χ4n) is 2.67. The minimum Gasteiger partial charge on any atom is -0.491 e. The van der Waals surface area contributed by atoms with Gasteiger partial charge in [-0.25, -0.2) is 4.98 Å². The van der Waals surface area contributed by atoms with E-state index in [1.165, 1.54) is 19.5 Å². The number of hydrogen-bond acceptors (Lipinski definition) is 5. The maximum Gasteiger partial charge on any atom is 0.274 e. The molecule has 1 amide bonds. The van der Waals surface area contributed by atoms with Gasteiger partial charge in [0.1, 0.15) is 11.8 Å². The number of halogens is 2. The van der Waals surface area contributed by atoms with Crippen LogP contribution in [0.4, 0.5) is 5.69 Å². The zero-order valence-corrected chi connectivity index (χ0v) is 15.1. The molecule has 1 aliphatic rings. The van der Waals surface area contributed by atoms with Crippen molar-refractivity contribution < 1.29 is 14.3 Å². The Kier molecular flexibility index (Phi) is 5.60. The maximum absolute atomic E-state index is 12.5. The van der Waals surface area contributed by atoms with Gasteiger partial charge in [0.2, 0.25) is 0 Å². The average Bonchev–Trinajstić information content (AvgIpc) is 3.11. The zero-order valence-electron chi connectivity index (χ0n) is 13.6. The van der Waals surface area contributed by atoms with Gasteiger partial charge in [-0.1, -0.05) is 23.2 Å². The molecule has 0 saturated heterocycles. The highest BCUT2D eigenvalue weighted by Crippen LogP contribution is 2.31. The molecule has 2 heterocycles. The Morgan fingerprint density at radius 2 is 1.88 bits per heavy atom. The molecule has 6 nitrogen and oxygen atoms in total. The number of hydrogen-bond donors (Lipinski definition) is 1.